The summed E-state index contributed by atoms with van der Waals surface area (Å²) in [6.45, 7) is 3.60. The van der Waals surface area contributed by atoms with Crippen LogP contribution >= 0.6 is 22.9 Å². The van der Waals surface area contributed by atoms with E-state index in [0.717, 1.165) is 56.7 Å². The first-order valence-corrected chi connectivity index (χ1v) is 9.54. The number of anilines is 1. The third kappa shape index (κ3) is 4.29. The lowest BCUT2D eigenvalue weighted by atomic mass is 10.1. The Morgan fingerprint density at radius 3 is 2.76 bits per heavy atom. The van der Waals surface area contributed by atoms with Crippen LogP contribution in [0.2, 0.25) is 5.02 Å². The van der Waals surface area contributed by atoms with E-state index in [1.165, 1.54) is 0 Å². The van der Waals surface area contributed by atoms with Gasteiger partial charge in [-0.25, -0.2) is 4.98 Å². The summed E-state index contributed by atoms with van der Waals surface area (Å²) in [5.41, 5.74) is 4.28. The Morgan fingerprint density at radius 1 is 1.20 bits per heavy atom. The highest BCUT2D eigenvalue weighted by atomic mass is 35.5. The van der Waals surface area contributed by atoms with E-state index in [-0.39, 0.29) is 0 Å². The monoisotopic (exact) mass is 375 g/mol. The van der Waals surface area contributed by atoms with Crippen LogP contribution in [-0.4, -0.2) is 37.3 Å². The Balaban J connectivity index is 1.95. The molecular weight excluding hydrogens is 354 g/mol. The van der Waals surface area contributed by atoms with Crippen molar-refractivity contribution in [1.29, 1.82) is 0 Å². The minimum absolute atomic E-state index is 0.674. The molecule has 0 N–H and O–H groups in total. The van der Waals surface area contributed by atoms with Gasteiger partial charge in [-0.1, -0.05) is 35.9 Å². The number of fused-ring (bicyclic) bond motifs is 1. The smallest absolute Gasteiger partial charge is 0.186 e. The van der Waals surface area contributed by atoms with Crippen LogP contribution in [0.25, 0.3) is 10.2 Å². The minimum Gasteiger partial charge on any atom is -0.383 e. The molecule has 4 nitrogen and oxygen atoms in total. The minimum atomic E-state index is 0.674. The van der Waals surface area contributed by atoms with Crippen molar-refractivity contribution in [1.82, 2.24) is 9.97 Å². The van der Waals surface area contributed by atoms with Crippen LogP contribution in [0.4, 0.5) is 5.13 Å². The molecule has 2 aromatic heterocycles. The third-order valence-corrected chi connectivity index (χ3v) is 5.42. The average molecular weight is 376 g/mol. The van der Waals surface area contributed by atoms with Crippen LogP contribution < -0.4 is 4.90 Å². The molecule has 0 unspecified atom stereocenters. The molecule has 0 saturated heterocycles. The number of aromatic nitrogens is 2. The number of nitrogens with zero attached hydrogens (tertiary/aromatic N) is 3. The van der Waals surface area contributed by atoms with E-state index < -0.39 is 0 Å². The second-order valence-electron chi connectivity index (χ2n) is 5.97. The molecule has 0 fully saturated rings. The Morgan fingerprint density at radius 2 is 2.00 bits per heavy atom. The van der Waals surface area contributed by atoms with Gasteiger partial charge in [-0.3, -0.25) is 4.98 Å². The van der Waals surface area contributed by atoms with E-state index in [9.17, 15) is 0 Å². The molecule has 25 heavy (non-hydrogen) atoms. The maximum absolute atomic E-state index is 6.35. The van der Waals surface area contributed by atoms with Crippen molar-refractivity contribution in [3.8, 4) is 0 Å². The van der Waals surface area contributed by atoms with Gasteiger partial charge in [0.05, 0.1) is 16.8 Å². The molecule has 0 amide bonds. The normalized spacial score (nSPS) is 11.2. The highest BCUT2D eigenvalue weighted by Gasteiger charge is 2.13. The van der Waals surface area contributed by atoms with E-state index in [4.69, 9.17) is 26.3 Å². The highest BCUT2D eigenvalue weighted by Crippen LogP contribution is 2.33. The van der Waals surface area contributed by atoms with E-state index in [0.29, 0.717) is 6.61 Å². The zero-order valence-electron chi connectivity index (χ0n) is 14.8. The van der Waals surface area contributed by atoms with Gasteiger partial charge in [0.1, 0.15) is 0 Å². The maximum Gasteiger partial charge on any atom is 0.186 e. The van der Waals surface area contributed by atoms with Crippen LogP contribution in [0, 0.1) is 0 Å². The molecule has 0 aliphatic carbocycles. The van der Waals surface area contributed by atoms with E-state index in [1.807, 2.05) is 19.2 Å². The van der Waals surface area contributed by atoms with Gasteiger partial charge in [0.15, 0.2) is 5.13 Å². The fourth-order valence-corrected chi connectivity index (χ4v) is 4.04. The molecule has 0 spiro atoms. The standard InChI is InChI=1S/C19H22ClN3OS/c1-4-15-6-5-7-16(21-15)11-13-10-14(20)12-17-18(13)22-19(25-17)23(2)8-9-24-3/h5-7,10,12H,4,8-9,11H2,1-3H3. The number of benzene rings is 1. The van der Waals surface area contributed by atoms with E-state index in [1.54, 1.807) is 18.4 Å². The number of pyridine rings is 1. The molecule has 0 radical (unpaired) electrons. The van der Waals surface area contributed by atoms with Crippen molar-refractivity contribution in [3.05, 3.63) is 52.3 Å². The van der Waals surface area contributed by atoms with Gasteiger partial charge in [-0.2, -0.15) is 0 Å². The molecule has 6 heteroatoms. The summed E-state index contributed by atoms with van der Waals surface area (Å²) >= 11 is 8.00. The van der Waals surface area contributed by atoms with Crippen molar-refractivity contribution in [2.45, 2.75) is 19.8 Å². The molecule has 3 aromatic rings. The Kier molecular flexibility index (Phi) is 5.89. The van der Waals surface area contributed by atoms with E-state index in [2.05, 4.69) is 30.0 Å². The van der Waals surface area contributed by atoms with Crippen LogP contribution in [0.15, 0.2) is 30.3 Å². The number of hydrogen-bond donors (Lipinski definition) is 0. The Bertz CT molecular complexity index is 865. The van der Waals surface area contributed by atoms with Gasteiger partial charge < -0.3 is 9.64 Å². The first kappa shape index (κ1) is 18.1. The molecule has 132 valence electrons. The highest BCUT2D eigenvalue weighted by molar-refractivity contribution is 7.22. The summed E-state index contributed by atoms with van der Waals surface area (Å²) in [7, 11) is 3.74. The van der Waals surface area contributed by atoms with Crippen molar-refractivity contribution in [3.63, 3.8) is 0 Å². The number of methoxy groups -OCH3 is 1. The molecule has 0 aliphatic rings. The molecular formula is C19H22ClN3OS. The summed E-state index contributed by atoms with van der Waals surface area (Å²) in [4.78, 5) is 11.7. The van der Waals surface area contributed by atoms with Gasteiger partial charge >= 0.3 is 0 Å². The van der Waals surface area contributed by atoms with Gasteiger partial charge in [0, 0.05) is 43.5 Å². The SMILES string of the molecule is CCc1cccc(Cc2cc(Cl)cc3sc(N(C)CCOC)nc23)n1. The van der Waals surface area contributed by atoms with Crippen molar-refractivity contribution >= 4 is 38.3 Å². The second-order valence-corrected chi connectivity index (χ2v) is 7.42. The van der Waals surface area contributed by atoms with Crippen LogP contribution in [-0.2, 0) is 17.6 Å². The number of rotatable bonds is 7. The Labute approximate surface area is 157 Å². The third-order valence-electron chi connectivity index (χ3n) is 4.08. The second kappa shape index (κ2) is 8.13. The first-order chi connectivity index (χ1) is 12.1. The summed E-state index contributed by atoms with van der Waals surface area (Å²) in [5, 5.41) is 1.72. The van der Waals surface area contributed by atoms with E-state index >= 15 is 0 Å². The van der Waals surface area contributed by atoms with Crippen molar-refractivity contribution in [2.24, 2.45) is 0 Å². The molecule has 0 aliphatic heterocycles. The zero-order valence-corrected chi connectivity index (χ0v) is 16.3. The zero-order chi connectivity index (χ0) is 17.8. The van der Waals surface area contributed by atoms with Crippen LogP contribution in [0.5, 0.6) is 0 Å². The van der Waals surface area contributed by atoms with Crippen LogP contribution in [0.3, 0.4) is 0 Å². The summed E-state index contributed by atoms with van der Waals surface area (Å²) in [6, 6.07) is 10.2. The number of ether oxygens (including phenoxy) is 1. The first-order valence-electron chi connectivity index (χ1n) is 8.34. The predicted molar refractivity (Wildman–Crippen MR) is 106 cm³/mol. The fraction of sp³-hybridized carbons (Fsp3) is 0.368. The maximum atomic E-state index is 6.35. The largest absolute Gasteiger partial charge is 0.383 e. The summed E-state index contributed by atoms with van der Waals surface area (Å²) < 4.78 is 6.26. The number of hydrogen-bond acceptors (Lipinski definition) is 5. The molecule has 0 atom stereocenters. The number of halogens is 1. The van der Waals surface area contributed by atoms with Crippen molar-refractivity contribution in [2.75, 3.05) is 32.2 Å². The van der Waals surface area contributed by atoms with Gasteiger partial charge in [-0.05, 0) is 36.2 Å². The summed E-state index contributed by atoms with van der Waals surface area (Å²) in [6.07, 6.45) is 1.67. The van der Waals surface area contributed by atoms with Crippen LogP contribution in [0.1, 0.15) is 23.9 Å². The lowest BCUT2D eigenvalue weighted by Gasteiger charge is -2.14. The van der Waals surface area contributed by atoms with Gasteiger partial charge in [0.2, 0.25) is 0 Å². The Hall–Kier alpha value is -1.69. The molecule has 0 saturated carbocycles. The van der Waals surface area contributed by atoms with Gasteiger partial charge in [0.25, 0.3) is 0 Å². The lowest BCUT2D eigenvalue weighted by molar-refractivity contribution is 0.206. The quantitative estimate of drug-likeness (QED) is 0.605. The molecule has 1 aromatic carbocycles. The fourth-order valence-electron chi connectivity index (χ4n) is 2.69. The number of thiazole rings is 1. The lowest BCUT2D eigenvalue weighted by Crippen LogP contribution is -2.21. The molecule has 2 heterocycles. The number of aryl methyl sites for hydroxylation is 1. The number of likely N-dealkylation sites (N-methyl/N-ethyl adjacent to an activating group) is 1. The average Bonchev–Trinajstić information content (AvgIpc) is 3.04. The predicted octanol–water partition coefficient (Wildman–Crippen LogP) is 4.58. The molecule has 0 bridgehead atoms. The van der Waals surface area contributed by atoms with Crippen molar-refractivity contribution < 1.29 is 4.74 Å². The van der Waals surface area contributed by atoms with Gasteiger partial charge in [-0.15, -0.1) is 0 Å². The topological polar surface area (TPSA) is 38.2 Å². The summed E-state index contributed by atoms with van der Waals surface area (Å²) in [5.74, 6) is 0. The molecule has 3 rings (SSSR count).